The Morgan fingerprint density at radius 3 is 2.00 bits per heavy atom. The van der Waals surface area contributed by atoms with E-state index in [9.17, 15) is 34.2 Å². The Balaban J connectivity index is 1.50. The van der Waals surface area contributed by atoms with Crippen LogP contribution in [0.15, 0.2) is 47.6 Å². The minimum Gasteiger partial charge on any atom is -0.460 e. The van der Waals surface area contributed by atoms with Crippen molar-refractivity contribution in [2.24, 2.45) is 35.5 Å². The number of cyclic esters (lactones) is 1. The van der Waals surface area contributed by atoms with Gasteiger partial charge in [0, 0.05) is 85.2 Å². The van der Waals surface area contributed by atoms with Crippen LogP contribution in [0.1, 0.15) is 145 Å². The number of nitrogens with zero attached hydrogens (tertiary/aromatic N) is 1. The van der Waals surface area contributed by atoms with Crippen LogP contribution in [0.25, 0.3) is 0 Å². The number of piperidine rings is 1. The van der Waals surface area contributed by atoms with Gasteiger partial charge in [0.05, 0.1) is 77.3 Å². The van der Waals surface area contributed by atoms with E-state index in [0.717, 1.165) is 5.57 Å². The Morgan fingerprint density at radius 1 is 0.721 bits per heavy atom. The molecule has 4 rings (SSSR count). The van der Waals surface area contributed by atoms with E-state index in [4.69, 9.17) is 56.8 Å². The highest BCUT2D eigenvalue weighted by Gasteiger charge is 2.53. The number of rotatable bonds is 25. The molecule has 86 heavy (non-hydrogen) atoms. The fraction of sp³-hybridized carbons (Fsp3) is 0.803. The number of methoxy groups -OCH3 is 4. The zero-order chi connectivity index (χ0) is 63.2. The average Bonchev–Trinajstić information content (AvgIpc) is 1.32. The van der Waals surface area contributed by atoms with Crippen LogP contribution >= 0.6 is 0 Å². The van der Waals surface area contributed by atoms with Crippen molar-refractivity contribution in [3.05, 3.63) is 47.6 Å². The summed E-state index contributed by atoms with van der Waals surface area (Å²) in [5, 5.41) is 23.8. The molecule has 1 aliphatic carbocycles. The zero-order valence-corrected chi connectivity index (χ0v) is 54.1. The number of hydrogen-bond acceptors (Lipinski definition) is 19. The molecule has 4 aliphatic rings. The van der Waals surface area contributed by atoms with E-state index in [1.165, 1.54) is 12.0 Å². The van der Waals surface area contributed by atoms with Crippen molar-refractivity contribution in [2.45, 2.75) is 206 Å². The first-order chi connectivity index (χ1) is 41.2. The number of allylic oxidation sites excluding steroid dienone is 5. The predicted molar refractivity (Wildman–Crippen MR) is 324 cm³/mol. The van der Waals surface area contributed by atoms with Gasteiger partial charge in [-0.2, -0.15) is 0 Å². The van der Waals surface area contributed by atoms with E-state index in [1.54, 1.807) is 35.2 Å². The number of amides is 1. The van der Waals surface area contributed by atoms with Crippen molar-refractivity contribution in [3.8, 4) is 0 Å². The molecule has 2 N–H and O–H groups in total. The lowest BCUT2D eigenvalue weighted by molar-refractivity contribution is -0.265. The van der Waals surface area contributed by atoms with E-state index in [-0.39, 0.29) is 67.3 Å². The Bertz CT molecular complexity index is 2150. The molecule has 16 atom stereocenters. The maximum atomic E-state index is 14.8. The Labute approximate surface area is 513 Å². The summed E-state index contributed by atoms with van der Waals surface area (Å²) in [6.07, 6.45) is 12.5. The van der Waals surface area contributed by atoms with Gasteiger partial charge in [-0.05, 0) is 120 Å². The van der Waals surface area contributed by atoms with Gasteiger partial charge >= 0.3 is 11.9 Å². The van der Waals surface area contributed by atoms with Gasteiger partial charge in [-0.25, -0.2) is 4.79 Å². The summed E-state index contributed by atoms with van der Waals surface area (Å²) >= 11 is 0. The summed E-state index contributed by atoms with van der Waals surface area (Å²) in [6.45, 7) is 20.1. The minimum atomic E-state index is -2.44. The Morgan fingerprint density at radius 2 is 1.37 bits per heavy atom. The Kier molecular flexibility index (Phi) is 34.8. The standard InChI is InChI=1S/C66H109NO19/c1-13-79-30-31-81-34-35-83-37-36-82-33-32-80-29-19-23-59(68)84-54-27-25-51(41-58(54)77-11)40-47(5)57-43-56(76-10)46(4)39-49(7)61(70)62(78-12)60(69)48(6)38-44(2)20-15-14-16-21-45(3)55(75-9)42-52-26-24-50(8)66(74,86-52)63(71)64(72)67-28-18-17-22-53(67)65(73)85-57/h14-16,20-21,39,44,46-48,50-58,61-62,70,74H,13,17-19,22-38,40-43H2,1-12H3/b16-14+,20-15+,45-21+,49-39+/t44-,46-,47-,48-,50-,51+,52+,53+,54-,55+,56-,57+,58-,61-,62+,66-/m1/s1. The molecule has 3 fully saturated rings. The molecule has 20 nitrogen and oxygen atoms in total. The summed E-state index contributed by atoms with van der Waals surface area (Å²) in [7, 11) is 6.19. The second kappa shape index (κ2) is 40.1. The van der Waals surface area contributed by atoms with Crippen LogP contribution in [-0.2, 0) is 80.8 Å². The molecule has 0 aromatic carbocycles. The molecule has 3 aliphatic heterocycles. The van der Waals surface area contributed by atoms with Crippen molar-refractivity contribution in [1.82, 2.24) is 4.90 Å². The highest BCUT2D eigenvalue weighted by molar-refractivity contribution is 6.39. The van der Waals surface area contributed by atoms with Crippen LogP contribution in [-0.4, -0.2) is 206 Å². The molecule has 0 unspecified atom stereocenters. The normalized spacial score (nSPS) is 34.2. The van der Waals surface area contributed by atoms with Gasteiger partial charge in [0.2, 0.25) is 5.79 Å². The molecule has 20 heteroatoms. The largest absolute Gasteiger partial charge is 0.460 e. The third-order valence-corrected chi connectivity index (χ3v) is 17.6. The SMILES string of the molecule is CCOCCOCCOCCOCCOCCCC(=O)O[C@@H]1CC[C@@H](C[C@@H](C)[C@@H]2C[C@@H](OC)[C@H](C)/C=C(\C)[C@@H](O)[C@@H](OC)C(=O)[C@H](C)C[C@H](C)/C=C/C=C/C=C(\C)[C@@H](OC)C[C@@H]3CC[C@@H](C)[C@@](O)(O3)C(=O)C(=O)N3CCCC[C@H]3C(=O)O2)C[C@H]1OC. The fourth-order valence-corrected chi connectivity index (χ4v) is 12.2. The third kappa shape index (κ3) is 24.2. The molecule has 2 saturated heterocycles. The first-order valence-electron chi connectivity index (χ1n) is 31.8. The molecular weight excluding hydrogens is 1110 g/mol. The van der Waals surface area contributed by atoms with Crippen LogP contribution in [0.5, 0.6) is 0 Å². The van der Waals surface area contributed by atoms with Crippen molar-refractivity contribution in [3.63, 3.8) is 0 Å². The number of esters is 2. The molecule has 492 valence electrons. The summed E-state index contributed by atoms with van der Waals surface area (Å²) in [5.74, 6) is -7.43. The number of fused-ring (bicyclic) bond motifs is 3. The second-order valence-corrected chi connectivity index (χ2v) is 24.2. The third-order valence-electron chi connectivity index (χ3n) is 17.6. The number of hydrogen-bond donors (Lipinski definition) is 2. The molecule has 2 bridgehead atoms. The predicted octanol–water partition coefficient (Wildman–Crippen LogP) is 8.06. The number of carbonyl (C=O) groups excluding carboxylic acids is 5. The lowest BCUT2D eigenvalue weighted by atomic mass is 9.78. The molecule has 0 spiro atoms. The molecule has 0 radical (unpaired) electrons. The fourth-order valence-electron chi connectivity index (χ4n) is 12.2. The number of aliphatic hydroxyl groups excluding tert-OH is 1. The van der Waals surface area contributed by atoms with Gasteiger partial charge < -0.3 is 72.0 Å². The van der Waals surface area contributed by atoms with Gasteiger partial charge in [-0.15, -0.1) is 0 Å². The smallest absolute Gasteiger partial charge is 0.329 e. The van der Waals surface area contributed by atoms with Crippen LogP contribution < -0.4 is 0 Å². The second-order valence-electron chi connectivity index (χ2n) is 24.2. The zero-order valence-electron chi connectivity index (χ0n) is 54.1. The van der Waals surface area contributed by atoms with Crippen LogP contribution in [0.2, 0.25) is 0 Å². The van der Waals surface area contributed by atoms with Gasteiger partial charge in [-0.3, -0.25) is 19.2 Å². The van der Waals surface area contributed by atoms with E-state index < -0.39 is 84.1 Å². The molecule has 0 aromatic rings. The Hall–Kier alpha value is -3.77. The van der Waals surface area contributed by atoms with Crippen LogP contribution in [0.3, 0.4) is 0 Å². The molecule has 0 aromatic heterocycles. The quantitative estimate of drug-likeness (QED) is 0.0380. The van der Waals surface area contributed by atoms with Gasteiger partial charge in [0.1, 0.15) is 30.5 Å². The maximum absolute atomic E-state index is 14.8. The highest BCUT2D eigenvalue weighted by Crippen LogP contribution is 2.39. The minimum absolute atomic E-state index is 0.0242. The van der Waals surface area contributed by atoms with Crippen molar-refractivity contribution in [2.75, 3.05) is 101 Å². The summed E-state index contributed by atoms with van der Waals surface area (Å²) in [4.78, 5) is 72.1. The highest BCUT2D eigenvalue weighted by atomic mass is 16.6. The van der Waals surface area contributed by atoms with Crippen molar-refractivity contribution in [1.29, 1.82) is 0 Å². The van der Waals surface area contributed by atoms with Crippen molar-refractivity contribution < 1.29 is 91.0 Å². The van der Waals surface area contributed by atoms with E-state index in [0.29, 0.717) is 142 Å². The van der Waals surface area contributed by atoms with Crippen molar-refractivity contribution >= 4 is 29.4 Å². The lowest BCUT2D eigenvalue weighted by Crippen LogP contribution is -2.61. The molecule has 1 amide bonds. The summed E-state index contributed by atoms with van der Waals surface area (Å²) in [5.41, 5.74) is 1.40. The van der Waals surface area contributed by atoms with E-state index in [1.807, 2.05) is 78.0 Å². The molecule has 3 heterocycles. The van der Waals surface area contributed by atoms with Gasteiger partial charge in [-0.1, -0.05) is 71.1 Å². The van der Waals surface area contributed by atoms with E-state index >= 15 is 0 Å². The van der Waals surface area contributed by atoms with Crippen LogP contribution in [0, 0.1) is 35.5 Å². The number of ketones is 2. The number of carbonyl (C=O) groups is 5. The summed E-state index contributed by atoms with van der Waals surface area (Å²) < 4.78 is 69.9. The topological polar surface area (TPSA) is 240 Å². The molecule has 1 saturated carbocycles. The maximum Gasteiger partial charge on any atom is 0.329 e. The van der Waals surface area contributed by atoms with E-state index in [2.05, 4.69) is 0 Å². The van der Waals surface area contributed by atoms with Gasteiger partial charge in [0.15, 0.2) is 5.78 Å². The monoisotopic (exact) mass is 1220 g/mol. The van der Waals surface area contributed by atoms with Gasteiger partial charge in [0.25, 0.3) is 11.7 Å². The molecular formula is C66H109NO19. The number of Topliss-reactive ketones (excluding diaryl/α,β-unsaturated/α-hetero) is 2. The first kappa shape index (κ1) is 74.7. The summed E-state index contributed by atoms with van der Waals surface area (Å²) in [6, 6.07) is -1.12. The number of ether oxygens (including phenoxy) is 12. The lowest BCUT2D eigenvalue weighted by Gasteiger charge is -2.43. The van der Waals surface area contributed by atoms with Crippen LogP contribution in [0.4, 0.5) is 0 Å². The average molecular weight is 1220 g/mol. The number of aliphatic hydroxyl groups is 2. The first-order valence-corrected chi connectivity index (χ1v) is 31.8.